The van der Waals surface area contributed by atoms with Crippen molar-refractivity contribution < 1.29 is 0 Å². The minimum absolute atomic E-state index is 0.0856. The molecule has 2 heterocycles. The van der Waals surface area contributed by atoms with E-state index in [2.05, 4.69) is 35.2 Å². The molecule has 1 aliphatic heterocycles. The molecule has 5 nitrogen and oxygen atoms in total. The molecule has 1 aromatic heterocycles. The van der Waals surface area contributed by atoms with Crippen molar-refractivity contribution in [3.05, 3.63) is 81.2 Å². The van der Waals surface area contributed by atoms with E-state index >= 15 is 0 Å². The van der Waals surface area contributed by atoms with E-state index in [1.165, 1.54) is 16.9 Å². The molecule has 2 aliphatic rings. The SMILES string of the molecule is N#CC1=C(N)C(C#N)(C#N)C(c2cccs2)[C@H]2CN(Cc3ccccc3)CC=C12. The van der Waals surface area contributed by atoms with Gasteiger partial charge in [-0.3, -0.25) is 4.90 Å². The summed E-state index contributed by atoms with van der Waals surface area (Å²) in [5.74, 6) is -0.549. The Morgan fingerprint density at radius 1 is 1.10 bits per heavy atom. The molecule has 2 N–H and O–H groups in total. The monoisotopic (exact) mass is 397 g/mol. The molecule has 0 radical (unpaired) electrons. The Hall–Kier alpha value is -3.37. The van der Waals surface area contributed by atoms with Crippen molar-refractivity contribution in [2.24, 2.45) is 17.1 Å². The Morgan fingerprint density at radius 3 is 2.48 bits per heavy atom. The van der Waals surface area contributed by atoms with Crippen LogP contribution in [0.25, 0.3) is 0 Å². The molecule has 142 valence electrons. The molecular weight excluding hydrogens is 378 g/mol. The fourth-order valence-electron chi connectivity index (χ4n) is 4.48. The quantitative estimate of drug-likeness (QED) is 0.851. The number of hydrogen-bond donors (Lipinski definition) is 1. The van der Waals surface area contributed by atoms with E-state index in [0.717, 1.165) is 17.0 Å². The second-order valence-electron chi connectivity index (χ2n) is 7.37. The van der Waals surface area contributed by atoms with Gasteiger partial charge >= 0.3 is 0 Å². The van der Waals surface area contributed by atoms with Crippen molar-refractivity contribution in [1.29, 1.82) is 15.8 Å². The van der Waals surface area contributed by atoms with Crippen LogP contribution < -0.4 is 5.73 Å². The Labute approximate surface area is 174 Å². The molecule has 0 bridgehead atoms. The van der Waals surface area contributed by atoms with Crippen molar-refractivity contribution in [1.82, 2.24) is 4.90 Å². The number of benzene rings is 1. The van der Waals surface area contributed by atoms with E-state index in [9.17, 15) is 15.8 Å². The van der Waals surface area contributed by atoms with Gasteiger partial charge in [0.05, 0.1) is 23.4 Å². The fourth-order valence-corrected chi connectivity index (χ4v) is 5.44. The summed E-state index contributed by atoms with van der Waals surface area (Å²) in [5.41, 5.74) is 7.22. The largest absolute Gasteiger partial charge is 0.399 e. The number of hydrogen-bond acceptors (Lipinski definition) is 6. The van der Waals surface area contributed by atoms with Crippen LogP contribution in [0.3, 0.4) is 0 Å². The van der Waals surface area contributed by atoms with Gasteiger partial charge in [-0.15, -0.1) is 11.3 Å². The third-order valence-electron chi connectivity index (χ3n) is 5.84. The predicted octanol–water partition coefficient (Wildman–Crippen LogP) is 3.67. The Balaban J connectivity index is 1.82. The zero-order valence-corrected chi connectivity index (χ0v) is 16.6. The summed E-state index contributed by atoms with van der Waals surface area (Å²) in [6, 6.07) is 20.6. The highest BCUT2D eigenvalue weighted by Crippen LogP contribution is 2.54. The molecule has 0 fully saturated rings. The summed E-state index contributed by atoms with van der Waals surface area (Å²) in [4.78, 5) is 3.24. The van der Waals surface area contributed by atoms with Gasteiger partial charge in [0.2, 0.25) is 0 Å². The van der Waals surface area contributed by atoms with Crippen LogP contribution in [-0.2, 0) is 6.54 Å². The van der Waals surface area contributed by atoms with Crippen LogP contribution in [0.5, 0.6) is 0 Å². The number of nitrogens with two attached hydrogens (primary N) is 1. The highest BCUT2D eigenvalue weighted by molar-refractivity contribution is 7.10. The van der Waals surface area contributed by atoms with Gasteiger partial charge in [0, 0.05) is 36.3 Å². The van der Waals surface area contributed by atoms with Crippen LogP contribution in [0.1, 0.15) is 16.4 Å². The Bertz CT molecular complexity index is 1080. The lowest BCUT2D eigenvalue weighted by Gasteiger charge is -2.45. The number of nitrogens with zero attached hydrogens (tertiary/aromatic N) is 4. The first-order valence-electron chi connectivity index (χ1n) is 9.37. The molecule has 1 unspecified atom stereocenters. The second-order valence-corrected chi connectivity index (χ2v) is 8.35. The van der Waals surface area contributed by atoms with Gasteiger partial charge in [0.25, 0.3) is 0 Å². The molecule has 1 aliphatic carbocycles. The molecule has 4 rings (SSSR count). The van der Waals surface area contributed by atoms with E-state index in [1.807, 2.05) is 41.8 Å². The summed E-state index contributed by atoms with van der Waals surface area (Å²) in [6.45, 7) is 2.13. The van der Waals surface area contributed by atoms with Crippen LogP contribution in [0.2, 0.25) is 0 Å². The predicted molar refractivity (Wildman–Crippen MR) is 111 cm³/mol. The maximum Gasteiger partial charge on any atom is 0.192 e. The average Bonchev–Trinajstić information content (AvgIpc) is 3.28. The van der Waals surface area contributed by atoms with Crippen LogP contribution in [0.4, 0.5) is 0 Å². The summed E-state index contributed by atoms with van der Waals surface area (Å²) < 4.78 is 0. The van der Waals surface area contributed by atoms with Gasteiger partial charge in [-0.1, -0.05) is 42.5 Å². The topological polar surface area (TPSA) is 101 Å². The molecule has 0 saturated carbocycles. The first-order valence-corrected chi connectivity index (χ1v) is 10.3. The standard InChI is InChI=1S/C23H19N5S/c24-11-18-17-8-9-28(12-16-5-2-1-3-6-16)13-19(17)21(20-7-4-10-29-20)23(14-25,15-26)22(18)27/h1-8,10,19,21H,9,12-13,27H2/t19-,21?/m0/s1. The smallest absolute Gasteiger partial charge is 0.192 e. The van der Waals surface area contributed by atoms with Crippen molar-refractivity contribution in [3.63, 3.8) is 0 Å². The van der Waals surface area contributed by atoms with Crippen molar-refractivity contribution in [2.75, 3.05) is 13.1 Å². The molecule has 0 amide bonds. The average molecular weight is 398 g/mol. The van der Waals surface area contributed by atoms with Gasteiger partial charge in [0.15, 0.2) is 5.41 Å². The summed E-state index contributed by atoms with van der Waals surface area (Å²) >= 11 is 1.53. The number of rotatable bonds is 3. The highest BCUT2D eigenvalue weighted by atomic mass is 32.1. The lowest BCUT2D eigenvalue weighted by Crippen LogP contribution is -2.47. The Kier molecular flexibility index (Phi) is 4.95. The lowest BCUT2D eigenvalue weighted by atomic mass is 9.59. The van der Waals surface area contributed by atoms with Crippen molar-refractivity contribution in [3.8, 4) is 18.2 Å². The first kappa shape index (κ1) is 19.0. The molecule has 0 spiro atoms. The molecule has 2 atom stereocenters. The zero-order chi connectivity index (χ0) is 20.4. The van der Waals surface area contributed by atoms with Crippen LogP contribution in [-0.4, -0.2) is 18.0 Å². The fraction of sp³-hybridized carbons (Fsp3) is 0.261. The Morgan fingerprint density at radius 2 is 1.86 bits per heavy atom. The van der Waals surface area contributed by atoms with E-state index in [1.54, 1.807) is 0 Å². The van der Waals surface area contributed by atoms with Crippen LogP contribution >= 0.6 is 11.3 Å². The molecule has 6 heteroatoms. The van der Waals surface area contributed by atoms with Crippen molar-refractivity contribution >= 4 is 11.3 Å². The van der Waals surface area contributed by atoms with E-state index in [0.29, 0.717) is 18.7 Å². The molecule has 29 heavy (non-hydrogen) atoms. The van der Waals surface area contributed by atoms with Crippen molar-refractivity contribution in [2.45, 2.75) is 12.5 Å². The van der Waals surface area contributed by atoms with Gasteiger partial charge in [-0.05, 0) is 22.6 Å². The maximum absolute atomic E-state index is 10.1. The second kappa shape index (κ2) is 7.57. The minimum atomic E-state index is -1.55. The van der Waals surface area contributed by atoms with E-state index < -0.39 is 11.3 Å². The van der Waals surface area contributed by atoms with E-state index in [-0.39, 0.29) is 11.6 Å². The van der Waals surface area contributed by atoms with Gasteiger partial charge in [-0.25, -0.2) is 0 Å². The highest BCUT2D eigenvalue weighted by Gasteiger charge is 2.54. The zero-order valence-electron chi connectivity index (χ0n) is 15.7. The normalized spacial score (nSPS) is 23.3. The lowest BCUT2D eigenvalue weighted by molar-refractivity contribution is 0.202. The number of fused-ring (bicyclic) bond motifs is 1. The van der Waals surface area contributed by atoms with Crippen LogP contribution in [0.15, 0.2) is 70.8 Å². The van der Waals surface area contributed by atoms with Gasteiger partial charge in [-0.2, -0.15) is 15.8 Å². The summed E-state index contributed by atoms with van der Waals surface area (Å²) in [6.07, 6.45) is 2.04. The number of allylic oxidation sites excluding steroid dienone is 2. The molecule has 0 saturated heterocycles. The maximum atomic E-state index is 10.1. The molecular formula is C23H19N5S. The number of nitriles is 3. The minimum Gasteiger partial charge on any atom is -0.399 e. The third-order valence-corrected chi connectivity index (χ3v) is 6.79. The third kappa shape index (κ3) is 3.02. The first-order chi connectivity index (χ1) is 14.1. The number of thiophene rings is 1. The molecule has 2 aromatic rings. The summed E-state index contributed by atoms with van der Waals surface area (Å²) in [7, 11) is 0. The molecule has 1 aromatic carbocycles. The van der Waals surface area contributed by atoms with E-state index in [4.69, 9.17) is 5.73 Å². The summed E-state index contributed by atoms with van der Waals surface area (Å²) in [5, 5.41) is 31.9. The van der Waals surface area contributed by atoms with Crippen LogP contribution in [0, 0.1) is 45.3 Å². The van der Waals surface area contributed by atoms with Gasteiger partial charge in [0.1, 0.15) is 6.07 Å². The van der Waals surface area contributed by atoms with Gasteiger partial charge < -0.3 is 5.73 Å².